The Hall–Kier alpha value is -3.53. The van der Waals surface area contributed by atoms with E-state index < -0.39 is 0 Å². The Balaban J connectivity index is 1.78. The number of ether oxygens (including phenoxy) is 1. The molecule has 2 N–H and O–H groups in total. The number of fused-ring (bicyclic) bond motifs is 2. The zero-order chi connectivity index (χ0) is 23.7. The molecule has 33 heavy (non-hydrogen) atoms. The van der Waals surface area contributed by atoms with E-state index in [0.29, 0.717) is 38.2 Å². The number of rotatable bonds is 5. The van der Waals surface area contributed by atoms with Crippen molar-refractivity contribution in [3.05, 3.63) is 51.4 Å². The molecular formula is C23H27N5O5. The lowest BCUT2D eigenvalue weighted by atomic mass is 9.96. The van der Waals surface area contributed by atoms with Crippen LogP contribution in [0.1, 0.15) is 35.7 Å². The van der Waals surface area contributed by atoms with Gasteiger partial charge < -0.3 is 19.3 Å². The molecule has 0 radical (unpaired) electrons. The standard InChI is InChI=1S/C23H27N5O5/c1-3-33-23(32)15-6-9-26(10-7-15)21(30)16-13-17-20(27(11-12-29)18(16)24)25-19-14(2)5-4-8-28(19)22(17)31/h4-5,8,13,15,24,29H,3,6-7,9-12H2,1-2H3. The molecular weight excluding hydrogens is 426 g/mol. The summed E-state index contributed by atoms with van der Waals surface area (Å²) < 4.78 is 7.91. The van der Waals surface area contributed by atoms with E-state index in [4.69, 9.17) is 10.1 Å². The van der Waals surface area contributed by atoms with Crippen LogP contribution in [0.3, 0.4) is 0 Å². The number of aryl methyl sites for hydroxylation is 1. The molecule has 0 spiro atoms. The Morgan fingerprint density at radius 3 is 2.67 bits per heavy atom. The first-order valence-electron chi connectivity index (χ1n) is 11.0. The van der Waals surface area contributed by atoms with Crippen molar-refractivity contribution in [2.24, 2.45) is 5.92 Å². The van der Waals surface area contributed by atoms with Crippen molar-refractivity contribution >= 4 is 28.6 Å². The average molecular weight is 453 g/mol. The number of aliphatic hydroxyl groups is 1. The summed E-state index contributed by atoms with van der Waals surface area (Å²) in [4.78, 5) is 44.8. The minimum absolute atomic E-state index is 0.0237. The third kappa shape index (κ3) is 4.02. The van der Waals surface area contributed by atoms with Crippen molar-refractivity contribution < 1.29 is 19.4 Å². The number of aliphatic hydroxyl groups excluding tert-OH is 1. The Morgan fingerprint density at radius 1 is 1.27 bits per heavy atom. The monoisotopic (exact) mass is 453 g/mol. The molecule has 1 saturated heterocycles. The lowest BCUT2D eigenvalue weighted by Crippen LogP contribution is -2.43. The molecule has 10 heteroatoms. The highest BCUT2D eigenvalue weighted by Gasteiger charge is 2.30. The maximum Gasteiger partial charge on any atom is 0.309 e. The van der Waals surface area contributed by atoms with Gasteiger partial charge in [0, 0.05) is 25.8 Å². The molecule has 0 unspecified atom stereocenters. The fraction of sp³-hybridized carbons (Fsp3) is 0.435. The van der Waals surface area contributed by atoms with Crippen LogP contribution in [-0.4, -0.2) is 62.1 Å². The van der Waals surface area contributed by atoms with E-state index in [-0.39, 0.29) is 58.6 Å². The fourth-order valence-corrected chi connectivity index (χ4v) is 4.33. The Labute approximate surface area is 189 Å². The number of esters is 1. The molecule has 3 aromatic rings. The molecule has 10 nitrogen and oxygen atoms in total. The van der Waals surface area contributed by atoms with E-state index >= 15 is 0 Å². The van der Waals surface area contributed by atoms with Gasteiger partial charge in [-0.3, -0.25) is 24.2 Å². The number of aromatic nitrogens is 3. The quantitative estimate of drug-likeness (QED) is 0.435. The van der Waals surface area contributed by atoms with Gasteiger partial charge in [0.05, 0.1) is 30.1 Å². The first-order chi connectivity index (χ1) is 15.9. The van der Waals surface area contributed by atoms with Gasteiger partial charge in [-0.05, 0) is 44.4 Å². The molecule has 174 valence electrons. The Kier molecular flexibility index (Phi) is 6.28. The number of pyridine rings is 2. The van der Waals surface area contributed by atoms with Crippen LogP contribution in [-0.2, 0) is 16.1 Å². The van der Waals surface area contributed by atoms with Crippen LogP contribution < -0.4 is 11.0 Å². The number of piperidine rings is 1. The van der Waals surface area contributed by atoms with Gasteiger partial charge in [0.1, 0.15) is 16.8 Å². The van der Waals surface area contributed by atoms with E-state index in [0.717, 1.165) is 5.56 Å². The van der Waals surface area contributed by atoms with Crippen LogP contribution in [0.2, 0.25) is 0 Å². The van der Waals surface area contributed by atoms with Crippen molar-refractivity contribution in [3.63, 3.8) is 0 Å². The third-order valence-corrected chi connectivity index (χ3v) is 6.09. The summed E-state index contributed by atoms with van der Waals surface area (Å²) in [6.07, 6.45) is 2.58. The highest BCUT2D eigenvalue weighted by molar-refractivity contribution is 5.97. The first kappa shape index (κ1) is 22.7. The lowest BCUT2D eigenvalue weighted by Gasteiger charge is -2.31. The summed E-state index contributed by atoms with van der Waals surface area (Å²) in [5.41, 5.74) is 1.12. The van der Waals surface area contributed by atoms with Gasteiger partial charge >= 0.3 is 5.97 Å². The SMILES string of the molecule is CCOC(=O)C1CCN(C(=O)c2cc3c(=O)n4cccc(C)c4nc3n(CCO)c2=N)CC1. The van der Waals surface area contributed by atoms with E-state index in [1.165, 1.54) is 15.0 Å². The molecule has 0 bridgehead atoms. The predicted octanol–water partition coefficient (Wildman–Crippen LogP) is 0.845. The predicted molar refractivity (Wildman–Crippen MR) is 120 cm³/mol. The zero-order valence-electron chi connectivity index (χ0n) is 18.7. The smallest absolute Gasteiger partial charge is 0.309 e. The molecule has 1 amide bonds. The lowest BCUT2D eigenvalue weighted by molar-refractivity contribution is -0.149. The van der Waals surface area contributed by atoms with Crippen LogP contribution in [0.15, 0.2) is 29.2 Å². The van der Waals surface area contributed by atoms with Crippen LogP contribution in [0.25, 0.3) is 16.7 Å². The summed E-state index contributed by atoms with van der Waals surface area (Å²) in [6, 6.07) is 5.01. The van der Waals surface area contributed by atoms with Crippen LogP contribution in [0.4, 0.5) is 0 Å². The molecule has 4 heterocycles. The van der Waals surface area contributed by atoms with Crippen molar-refractivity contribution in [1.29, 1.82) is 5.41 Å². The maximum atomic E-state index is 13.3. The second-order valence-electron chi connectivity index (χ2n) is 8.14. The molecule has 0 saturated carbocycles. The number of nitrogens with one attached hydrogen (secondary N) is 1. The molecule has 1 aliphatic rings. The third-order valence-electron chi connectivity index (χ3n) is 6.09. The number of nitrogens with zero attached hydrogens (tertiary/aromatic N) is 4. The molecule has 1 aliphatic heterocycles. The van der Waals surface area contributed by atoms with Crippen molar-refractivity contribution in [3.8, 4) is 0 Å². The molecule has 1 fully saturated rings. The number of amides is 1. The second-order valence-corrected chi connectivity index (χ2v) is 8.14. The van der Waals surface area contributed by atoms with Crippen molar-refractivity contribution in [2.45, 2.75) is 33.2 Å². The summed E-state index contributed by atoms with van der Waals surface area (Å²) in [6.45, 7) is 4.37. The maximum absolute atomic E-state index is 13.3. The first-order valence-corrected chi connectivity index (χ1v) is 11.0. The van der Waals surface area contributed by atoms with Crippen molar-refractivity contribution in [1.82, 2.24) is 18.9 Å². The minimum atomic E-state index is -0.385. The normalized spacial score (nSPS) is 14.7. The van der Waals surface area contributed by atoms with E-state index in [1.54, 1.807) is 24.1 Å². The highest BCUT2D eigenvalue weighted by Crippen LogP contribution is 2.21. The van der Waals surface area contributed by atoms with E-state index in [1.807, 2.05) is 13.0 Å². The highest BCUT2D eigenvalue weighted by atomic mass is 16.5. The summed E-state index contributed by atoms with van der Waals surface area (Å²) in [5.74, 6) is -0.882. The molecule has 3 aromatic heterocycles. The topological polar surface area (TPSA) is 130 Å². The summed E-state index contributed by atoms with van der Waals surface area (Å²) >= 11 is 0. The van der Waals surface area contributed by atoms with Gasteiger partial charge in [0.25, 0.3) is 11.5 Å². The zero-order valence-corrected chi connectivity index (χ0v) is 18.7. The van der Waals surface area contributed by atoms with Gasteiger partial charge in [-0.1, -0.05) is 6.07 Å². The van der Waals surface area contributed by atoms with Gasteiger partial charge in [0.2, 0.25) is 0 Å². The van der Waals surface area contributed by atoms with Gasteiger partial charge in [0.15, 0.2) is 0 Å². The van der Waals surface area contributed by atoms with Crippen molar-refractivity contribution in [2.75, 3.05) is 26.3 Å². The van der Waals surface area contributed by atoms with Gasteiger partial charge in [-0.25, -0.2) is 4.98 Å². The largest absolute Gasteiger partial charge is 0.466 e. The average Bonchev–Trinajstić information content (AvgIpc) is 2.81. The Morgan fingerprint density at radius 2 is 2.00 bits per heavy atom. The minimum Gasteiger partial charge on any atom is -0.466 e. The molecule has 4 rings (SSSR count). The number of hydrogen-bond acceptors (Lipinski definition) is 7. The number of carbonyl (C=O) groups is 2. The van der Waals surface area contributed by atoms with Gasteiger partial charge in [-0.2, -0.15) is 0 Å². The molecule has 0 aliphatic carbocycles. The second kappa shape index (κ2) is 9.14. The number of carbonyl (C=O) groups excluding carboxylic acids is 2. The number of hydrogen-bond donors (Lipinski definition) is 2. The van der Waals surface area contributed by atoms with E-state index in [9.17, 15) is 19.5 Å². The Bertz CT molecular complexity index is 1350. The number of likely N-dealkylation sites (tertiary alicyclic amines) is 1. The molecule has 0 aromatic carbocycles. The van der Waals surface area contributed by atoms with Crippen LogP contribution >= 0.6 is 0 Å². The fourth-order valence-electron chi connectivity index (χ4n) is 4.33. The van der Waals surface area contributed by atoms with Crippen LogP contribution in [0.5, 0.6) is 0 Å². The summed E-state index contributed by atoms with van der Waals surface area (Å²) in [5, 5.41) is 18.4. The van der Waals surface area contributed by atoms with Gasteiger partial charge in [-0.15, -0.1) is 0 Å². The van der Waals surface area contributed by atoms with E-state index in [2.05, 4.69) is 4.98 Å². The summed E-state index contributed by atoms with van der Waals surface area (Å²) in [7, 11) is 0. The molecule has 0 atom stereocenters. The van der Waals surface area contributed by atoms with Crippen LogP contribution in [0, 0.1) is 18.3 Å².